The number of carbonyl (C=O) groups is 1. The van der Waals surface area contributed by atoms with Crippen LogP contribution in [0, 0.1) is 6.92 Å². The molecule has 0 aliphatic carbocycles. The molecule has 1 unspecified atom stereocenters. The predicted molar refractivity (Wildman–Crippen MR) is 63.5 cm³/mol. The summed E-state index contributed by atoms with van der Waals surface area (Å²) in [5.41, 5.74) is 1.01. The normalized spacial score (nSPS) is 12.4. The molecule has 0 aliphatic rings. The summed E-state index contributed by atoms with van der Waals surface area (Å²) in [6.07, 6.45) is 3.42. The summed E-state index contributed by atoms with van der Waals surface area (Å²) in [6.45, 7) is 3.84. The minimum atomic E-state index is -0.107. The van der Waals surface area contributed by atoms with Gasteiger partial charge >= 0.3 is 0 Å². The van der Waals surface area contributed by atoms with Gasteiger partial charge < -0.3 is 10.3 Å². The molecule has 0 aromatic carbocycles. The summed E-state index contributed by atoms with van der Waals surface area (Å²) in [4.78, 5) is 19.7. The molecular weight excluding hydrogens is 222 g/mol. The van der Waals surface area contributed by atoms with Gasteiger partial charge in [0.25, 0.3) is 5.91 Å². The number of thiophene rings is 1. The molecule has 0 bridgehead atoms. The first-order valence-electron chi connectivity index (χ1n) is 5.02. The lowest BCUT2D eigenvalue weighted by molar-refractivity contribution is 0.0942. The summed E-state index contributed by atoms with van der Waals surface area (Å²) in [6, 6.07) is 1.83. The van der Waals surface area contributed by atoms with Gasteiger partial charge in [0.15, 0.2) is 0 Å². The highest BCUT2D eigenvalue weighted by atomic mass is 32.1. The smallest absolute Gasteiger partial charge is 0.262 e. The van der Waals surface area contributed by atoms with Crippen LogP contribution in [0.15, 0.2) is 23.8 Å². The lowest BCUT2D eigenvalue weighted by Gasteiger charge is -2.10. The number of hydrogen-bond acceptors (Lipinski definition) is 3. The molecule has 4 nitrogen and oxygen atoms in total. The maximum atomic E-state index is 11.9. The molecule has 2 heterocycles. The first kappa shape index (κ1) is 10.9. The zero-order valence-electron chi connectivity index (χ0n) is 9.15. The average molecular weight is 235 g/mol. The van der Waals surface area contributed by atoms with E-state index >= 15 is 0 Å². The highest BCUT2D eigenvalue weighted by Crippen LogP contribution is 2.16. The van der Waals surface area contributed by atoms with Gasteiger partial charge in [0.05, 0.1) is 10.9 Å². The number of rotatable bonds is 3. The lowest BCUT2D eigenvalue weighted by Crippen LogP contribution is -2.27. The van der Waals surface area contributed by atoms with Crippen molar-refractivity contribution >= 4 is 17.2 Å². The van der Waals surface area contributed by atoms with Crippen LogP contribution in [0.5, 0.6) is 0 Å². The maximum absolute atomic E-state index is 11.9. The average Bonchev–Trinajstić information content (AvgIpc) is 2.86. The van der Waals surface area contributed by atoms with Crippen LogP contribution < -0.4 is 5.32 Å². The Kier molecular flexibility index (Phi) is 3.05. The van der Waals surface area contributed by atoms with E-state index in [0.29, 0.717) is 0 Å². The topological polar surface area (TPSA) is 57.8 Å². The number of amides is 1. The third-order valence-electron chi connectivity index (χ3n) is 2.35. The Balaban J connectivity index is 2.06. The van der Waals surface area contributed by atoms with Crippen LogP contribution in [-0.2, 0) is 0 Å². The fraction of sp³-hybridized carbons (Fsp3) is 0.273. The second-order valence-corrected chi connectivity index (χ2v) is 4.52. The quantitative estimate of drug-likeness (QED) is 0.857. The van der Waals surface area contributed by atoms with Gasteiger partial charge in [-0.1, -0.05) is 0 Å². The van der Waals surface area contributed by atoms with Gasteiger partial charge in [0, 0.05) is 12.4 Å². The number of carbonyl (C=O) groups excluding carboxylic acids is 1. The first-order chi connectivity index (χ1) is 7.68. The minimum absolute atomic E-state index is 0.0450. The van der Waals surface area contributed by atoms with Gasteiger partial charge in [-0.15, -0.1) is 11.3 Å². The van der Waals surface area contributed by atoms with Gasteiger partial charge in [-0.3, -0.25) is 4.79 Å². The molecule has 1 amide bonds. The molecule has 0 saturated carbocycles. The van der Waals surface area contributed by atoms with Crippen molar-refractivity contribution in [2.45, 2.75) is 19.9 Å². The Morgan fingerprint density at radius 1 is 1.62 bits per heavy atom. The van der Waals surface area contributed by atoms with Crippen molar-refractivity contribution in [2.75, 3.05) is 0 Å². The number of nitrogens with one attached hydrogen (secondary N) is 2. The van der Waals surface area contributed by atoms with Crippen molar-refractivity contribution in [3.05, 3.63) is 40.1 Å². The molecule has 0 saturated heterocycles. The summed E-state index contributed by atoms with van der Waals surface area (Å²) in [5.74, 6) is 0.721. The van der Waals surface area contributed by atoms with Gasteiger partial charge in [-0.05, 0) is 30.9 Å². The van der Waals surface area contributed by atoms with E-state index < -0.39 is 0 Å². The van der Waals surface area contributed by atoms with Crippen LogP contribution in [0.25, 0.3) is 0 Å². The molecule has 16 heavy (non-hydrogen) atoms. The first-order valence-corrected chi connectivity index (χ1v) is 5.90. The van der Waals surface area contributed by atoms with E-state index in [4.69, 9.17) is 0 Å². The Hall–Kier alpha value is -1.62. The highest BCUT2D eigenvalue weighted by molar-refractivity contribution is 7.12. The third kappa shape index (κ3) is 2.14. The SMILES string of the molecule is Cc1ccsc1C(=O)NC(C)c1ncc[nH]1. The molecule has 0 spiro atoms. The van der Waals surface area contributed by atoms with E-state index in [2.05, 4.69) is 15.3 Å². The number of aryl methyl sites for hydroxylation is 1. The largest absolute Gasteiger partial charge is 0.347 e. The summed E-state index contributed by atoms with van der Waals surface area (Å²) < 4.78 is 0. The van der Waals surface area contributed by atoms with Gasteiger partial charge in [-0.2, -0.15) is 0 Å². The number of H-pyrrole nitrogens is 1. The van der Waals surface area contributed by atoms with E-state index in [1.54, 1.807) is 12.4 Å². The molecule has 0 fully saturated rings. The fourth-order valence-corrected chi connectivity index (χ4v) is 2.28. The van der Waals surface area contributed by atoms with Crippen molar-refractivity contribution in [3.63, 3.8) is 0 Å². The molecule has 2 rings (SSSR count). The van der Waals surface area contributed by atoms with Gasteiger partial charge in [0.2, 0.25) is 0 Å². The minimum Gasteiger partial charge on any atom is -0.347 e. The van der Waals surface area contributed by atoms with Crippen LogP contribution >= 0.6 is 11.3 Å². The van der Waals surface area contributed by atoms with Crippen molar-refractivity contribution in [1.29, 1.82) is 0 Å². The van der Waals surface area contributed by atoms with Crippen LogP contribution in [0.3, 0.4) is 0 Å². The second-order valence-electron chi connectivity index (χ2n) is 3.60. The van der Waals surface area contributed by atoms with Gasteiger partial charge in [-0.25, -0.2) is 4.98 Å². The molecular formula is C11H13N3OS. The Bertz CT molecular complexity index is 475. The molecule has 0 radical (unpaired) electrons. The van der Waals surface area contributed by atoms with Crippen molar-refractivity contribution in [3.8, 4) is 0 Å². The third-order valence-corrected chi connectivity index (χ3v) is 3.36. The molecule has 0 aliphatic heterocycles. The van der Waals surface area contributed by atoms with E-state index in [1.807, 2.05) is 25.3 Å². The number of imidazole rings is 1. The van der Waals surface area contributed by atoms with Crippen LogP contribution in [0.1, 0.15) is 34.0 Å². The summed E-state index contributed by atoms with van der Waals surface area (Å²) in [5, 5.41) is 4.82. The van der Waals surface area contributed by atoms with Crippen LogP contribution in [0.2, 0.25) is 0 Å². The van der Waals surface area contributed by atoms with E-state index in [9.17, 15) is 4.79 Å². The molecule has 2 N–H and O–H groups in total. The molecule has 2 aromatic rings. The molecule has 84 valence electrons. The number of aromatic amines is 1. The zero-order chi connectivity index (χ0) is 11.5. The molecule has 2 aromatic heterocycles. The Morgan fingerprint density at radius 3 is 3.00 bits per heavy atom. The molecule has 5 heteroatoms. The molecule has 1 atom stereocenters. The van der Waals surface area contributed by atoms with Crippen LogP contribution in [0.4, 0.5) is 0 Å². The van der Waals surface area contributed by atoms with Gasteiger partial charge in [0.1, 0.15) is 5.82 Å². The number of aromatic nitrogens is 2. The zero-order valence-corrected chi connectivity index (χ0v) is 9.97. The van der Waals surface area contributed by atoms with E-state index in [-0.39, 0.29) is 11.9 Å². The van der Waals surface area contributed by atoms with Crippen molar-refractivity contribution in [1.82, 2.24) is 15.3 Å². The summed E-state index contributed by atoms with van der Waals surface area (Å²) >= 11 is 1.45. The fourth-order valence-electron chi connectivity index (χ4n) is 1.45. The Labute approximate surface area is 97.7 Å². The van der Waals surface area contributed by atoms with Crippen LogP contribution in [-0.4, -0.2) is 15.9 Å². The van der Waals surface area contributed by atoms with Crippen molar-refractivity contribution in [2.24, 2.45) is 0 Å². The maximum Gasteiger partial charge on any atom is 0.262 e. The van der Waals surface area contributed by atoms with E-state index in [0.717, 1.165) is 16.3 Å². The Morgan fingerprint density at radius 2 is 2.44 bits per heavy atom. The second kappa shape index (κ2) is 4.49. The van der Waals surface area contributed by atoms with E-state index in [1.165, 1.54) is 11.3 Å². The highest BCUT2D eigenvalue weighted by Gasteiger charge is 2.15. The lowest BCUT2D eigenvalue weighted by atomic mass is 10.2. The van der Waals surface area contributed by atoms with Crippen molar-refractivity contribution < 1.29 is 4.79 Å². The monoisotopic (exact) mass is 235 g/mol. The predicted octanol–water partition coefficient (Wildman–Crippen LogP) is 2.27. The number of hydrogen-bond donors (Lipinski definition) is 2. The summed E-state index contributed by atoms with van der Waals surface area (Å²) in [7, 11) is 0. The number of nitrogens with zero attached hydrogens (tertiary/aromatic N) is 1. The standard InChI is InChI=1S/C11H13N3OS/c1-7-3-6-16-9(7)11(15)14-8(2)10-12-4-5-13-10/h3-6,8H,1-2H3,(H,12,13)(H,14,15).